The molecule has 0 fully saturated rings. The summed E-state index contributed by atoms with van der Waals surface area (Å²) >= 11 is 7.50. The molecule has 0 bridgehead atoms. The second kappa shape index (κ2) is 3.75. The van der Waals surface area contributed by atoms with Gasteiger partial charge in [-0.1, -0.05) is 6.08 Å². The molecule has 0 saturated heterocycles. The molecule has 0 spiro atoms. The molecule has 2 heterocycles. The molecule has 2 rings (SSSR count). The average Bonchev–Trinajstić information content (AvgIpc) is 2.61. The van der Waals surface area contributed by atoms with Crippen LogP contribution in [0, 0.1) is 6.92 Å². The van der Waals surface area contributed by atoms with E-state index in [1.165, 1.54) is 0 Å². The van der Waals surface area contributed by atoms with Gasteiger partial charge in [-0.05, 0) is 19.9 Å². The van der Waals surface area contributed by atoms with E-state index in [1.807, 2.05) is 37.6 Å². The van der Waals surface area contributed by atoms with Gasteiger partial charge in [0.2, 0.25) is 0 Å². The number of hydrogen-bond donors (Lipinski definition) is 0. The van der Waals surface area contributed by atoms with Gasteiger partial charge >= 0.3 is 0 Å². The van der Waals surface area contributed by atoms with Crippen molar-refractivity contribution in [2.75, 3.05) is 0 Å². The van der Waals surface area contributed by atoms with Gasteiger partial charge in [0.25, 0.3) is 0 Å². The van der Waals surface area contributed by atoms with Gasteiger partial charge in [0.05, 0.1) is 11.4 Å². The van der Waals surface area contributed by atoms with E-state index in [1.54, 1.807) is 11.3 Å². The van der Waals surface area contributed by atoms with Crippen LogP contribution in [0.4, 0.5) is 0 Å². The summed E-state index contributed by atoms with van der Waals surface area (Å²) in [5, 5.41) is 2.09. The van der Waals surface area contributed by atoms with E-state index in [0.29, 0.717) is 0 Å². The first-order valence-corrected chi connectivity index (χ1v) is 5.74. The third-order valence-electron chi connectivity index (χ3n) is 2.00. The molecular weight excluding hydrogens is 216 g/mol. The van der Waals surface area contributed by atoms with Crippen LogP contribution in [-0.2, 0) is 0 Å². The first-order valence-electron chi connectivity index (χ1n) is 4.43. The van der Waals surface area contributed by atoms with Gasteiger partial charge in [0.1, 0.15) is 0 Å². The lowest BCUT2D eigenvalue weighted by Crippen LogP contribution is -1.86. The number of hydrogen-bond acceptors (Lipinski definition) is 2. The Balaban J connectivity index is 2.48. The Morgan fingerprint density at radius 1 is 1.64 bits per heavy atom. The number of alkyl halides is 1. The molecule has 0 N–H and O–H groups in total. The van der Waals surface area contributed by atoms with Crippen molar-refractivity contribution in [3.05, 3.63) is 29.0 Å². The molecule has 2 aromatic heterocycles. The monoisotopic (exact) mass is 226 g/mol. The van der Waals surface area contributed by atoms with Crippen molar-refractivity contribution in [1.29, 1.82) is 0 Å². The molecule has 0 aromatic carbocycles. The highest BCUT2D eigenvalue weighted by Gasteiger charge is 2.05. The fourth-order valence-corrected chi connectivity index (χ4v) is 2.18. The largest absolute Gasteiger partial charge is 0.291 e. The summed E-state index contributed by atoms with van der Waals surface area (Å²) < 4.78 is 2.08. The SMILES string of the molecule is Cc1nc2sccn2c1/C=C/C(C)Cl. The number of allylic oxidation sites excluding steroid dienone is 1. The molecule has 4 heteroatoms. The van der Waals surface area contributed by atoms with Gasteiger partial charge in [-0.25, -0.2) is 4.98 Å². The van der Waals surface area contributed by atoms with Crippen molar-refractivity contribution in [2.24, 2.45) is 0 Å². The number of fused-ring (bicyclic) bond motifs is 1. The summed E-state index contributed by atoms with van der Waals surface area (Å²) in [4.78, 5) is 5.47. The number of thiazole rings is 1. The number of rotatable bonds is 2. The first kappa shape index (κ1) is 9.74. The number of imidazole rings is 1. The van der Waals surface area contributed by atoms with Crippen molar-refractivity contribution >= 4 is 34.0 Å². The fourth-order valence-electron chi connectivity index (χ4n) is 1.34. The van der Waals surface area contributed by atoms with Crippen LogP contribution in [0.1, 0.15) is 18.3 Å². The minimum Gasteiger partial charge on any atom is -0.291 e. The lowest BCUT2D eigenvalue weighted by molar-refractivity contribution is 1.18. The third kappa shape index (κ3) is 1.70. The van der Waals surface area contributed by atoms with Gasteiger partial charge < -0.3 is 0 Å². The van der Waals surface area contributed by atoms with Crippen LogP contribution in [0.2, 0.25) is 0 Å². The van der Waals surface area contributed by atoms with Crippen molar-refractivity contribution < 1.29 is 0 Å². The van der Waals surface area contributed by atoms with E-state index in [0.717, 1.165) is 16.3 Å². The van der Waals surface area contributed by atoms with Crippen LogP contribution in [0.15, 0.2) is 17.7 Å². The maximum absolute atomic E-state index is 5.86. The Hall–Kier alpha value is -0.800. The second-order valence-corrected chi connectivity index (χ2v) is 4.74. The predicted octanol–water partition coefficient (Wildman–Crippen LogP) is 3.34. The molecule has 0 radical (unpaired) electrons. The zero-order valence-electron chi connectivity index (χ0n) is 8.07. The van der Waals surface area contributed by atoms with Gasteiger partial charge in [-0.15, -0.1) is 22.9 Å². The summed E-state index contributed by atoms with van der Waals surface area (Å²) in [6, 6.07) is 0. The zero-order chi connectivity index (χ0) is 10.1. The predicted molar refractivity (Wildman–Crippen MR) is 62.2 cm³/mol. The van der Waals surface area contributed by atoms with Gasteiger partial charge in [-0.2, -0.15) is 0 Å². The fraction of sp³-hybridized carbons (Fsp3) is 0.300. The molecule has 0 aliphatic rings. The smallest absolute Gasteiger partial charge is 0.194 e. The molecule has 1 atom stereocenters. The lowest BCUT2D eigenvalue weighted by atomic mass is 10.3. The van der Waals surface area contributed by atoms with E-state index in [9.17, 15) is 0 Å². The highest BCUT2D eigenvalue weighted by molar-refractivity contribution is 7.15. The number of aryl methyl sites for hydroxylation is 1. The third-order valence-corrected chi connectivity index (χ3v) is 2.90. The van der Waals surface area contributed by atoms with Crippen molar-refractivity contribution in [3.63, 3.8) is 0 Å². The lowest BCUT2D eigenvalue weighted by Gasteiger charge is -1.94. The molecule has 74 valence electrons. The van der Waals surface area contributed by atoms with Gasteiger partial charge in [0, 0.05) is 17.0 Å². The average molecular weight is 227 g/mol. The second-order valence-electron chi connectivity index (χ2n) is 3.17. The van der Waals surface area contributed by atoms with Gasteiger partial charge in [-0.3, -0.25) is 4.40 Å². The van der Waals surface area contributed by atoms with Crippen LogP contribution < -0.4 is 0 Å². The summed E-state index contributed by atoms with van der Waals surface area (Å²) in [6.45, 7) is 3.96. The zero-order valence-corrected chi connectivity index (χ0v) is 9.64. The molecule has 0 saturated carbocycles. The standard InChI is InChI=1S/C10H11ClN2S/c1-7(11)3-4-9-8(2)12-10-13(9)5-6-14-10/h3-7H,1-2H3/b4-3+. The number of aromatic nitrogens is 2. The van der Waals surface area contributed by atoms with Crippen LogP contribution >= 0.6 is 22.9 Å². The molecule has 1 unspecified atom stereocenters. The van der Waals surface area contributed by atoms with Gasteiger partial charge in [0.15, 0.2) is 4.96 Å². The molecule has 0 amide bonds. The molecule has 0 aliphatic heterocycles. The maximum atomic E-state index is 5.86. The Morgan fingerprint density at radius 3 is 3.14 bits per heavy atom. The maximum Gasteiger partial charge on any atom is 0.194 e. The molecule has 0 aliphatic carbocycles. The molecule has 2 aromatic rings. The Kier molecular flexibility index (Phi) is 2.61. The quantitative estimate of drug-likeness (QED) is 0.718. The molecule has 2 nitrogen and oxygen atoms in total. The van der Waals surface area contributed by atoms with Crippen molar-refractivity contribution in [3.8, 4) is 0 Å². The van der Waals surface area contributed by atoms with E-state index in [4.69, 9.17) is 11.6 Å². The Bertz CT molecular complexity index is 467. The van der Waals surface area contributed by atoms with Crippen molar-refractivity contribution in [1.82, 2.24) is 9.38 Å². The minimum absolute atomic E-state index is 0.0542. The molecule has 14 heavy (non-hydrogen) atoms. The van der Waals surface area contributed by atoms with Crippen LogP contribution in [0.5, 0.6) is 0 Å². The minimum atomic E-state index is 0.0542. The van der Waals surface area contributed by atoms with E-state index >= 15 is 0 Å². The summed E-state index contributed by atoms with van der Waals surface area (Å²) in [5.74, 6) is 0. The van der Waals surface area contributed by atoms with E-state index in [-0.39, 0.29) is 5.38 Å². The number of nitrogens with zero attached hydrogens (tertiary/aromatic N) is 2. The van der Waals surface area contributed by atoms with E-state index in [2.05, 4.69) is 9.38 Å². The van der Waals surface area contributed by atoms with Crippen LogP contribution in [0.3, 0.4) is 0 Å². The summed E-state index contributed by atoms with van der Waals surface area (Å²) in [7, 11) is 0. The van der Waals surface area contributed by atoms with Crippen LogP contribution in [0.25, 0.3) is 11.0 Å². The van der Waals surface area contributed by atoms with Crippen LogP contribution in [-0.4, -0.2) is 14.8 Å². The Labute approximate surface area is 91.8 Å². The number of halogens is 1. The normalized spacial score (nSPS) is 14.2. The first-order chi connectivity index (χ1) is 6.68. The molecular formula is C10H11ClN2S. The highest BCUT2D eigenvalue weighted by Crippen LogP contribution is 2.18. The van der Waals surface area contributed by atoms with E-state index < -0.39 is 0 Å². The highest BCUT2D eigenvalue weighted by atomic mass is 35.5. The van der Waals surface area contributed by atoms with Crippen molar-refractivity contribution in [2.45, 2.75) is 19.2 Å². The summed E-state index contributed by atoms with van der Waals surface area (Å²) in [5.41, 5.74) is 2.17. The summed E-state index contributed by atoms with van der Waals surface area (Å²) in [6.07, 6.45) is 6.02. The Morgan fingerprint density at radius 2 is 2.43 bits per heavy atom. The topological polar surface area (TPSA) is 17.3 Å².